The first-order chi connectivity index (χ1) is 9.58. The van der Waals surface area contributed by atoms with E-state index in [0.717, 1.165) is 11.8 Å². The Morgan fingerprint density at radius 2 is 1.85 bits per heavy atom. The second-order valence-corrected chi connectivity index (χ2v) is 7.27. The van der Waals surface area contributed by atoms with Gasteiger partial charge < -0.3 is 5.11 Å². The Labute approximate surface area is 119 Å². The van der Waals surface area contributed by atoms with Gasteiger partial charge in [0.25, 0.3) is 0 Å². The molecule has 0 amide bonds. The van der Waals surface area contributed by atoms with Crippen LogP contribution in [0.1, 0.15) is 50.8 Å². The molecule has 1 aromatic heterocycles. The molecule has 20 heavy (non-hydrogen) atoms. The molecule has 4 bridgehead atoms. The smallest absolute Gasteiger partial charge is 0.190 e. The summed E-state index contributed by atoms with van der Waals surface area (Å²) in [4.78, 5) is 0. The van der Waals surface area contributed by atoms with Gasteiger partial charge in [0.1, 0.15) is 6.07 Å². The van der Waals surface area contributed by atoms with Crippen molar-refractivity contribution >= 4 is 0 Å². The van der Waals surface area contributed by atoms with E-state index in [1.54, 1.807) is 19.2 Å². The van der Waals surface area contributed by atoms with Gasteiger partial charge in [-0.25, -0.2) is 0 Å². The maximum Gasteiger partial charge on any atom is 0.190 e. The number of nitrogens with zero attached hydrogens (tertiary/aromatic N) is 3. The number of hydrogen-bond donors (Lipinski definition) is 1. The average Bonchev–Trinajstić information content (AvgIpc) is 2.87. The number of aliphatic hydroxyl groups is 1. The molecule has 4 fully saturated rings. The van der Waals surface area contributed by atoms with Crippen LogP contribution in [0.3, 0.4) is 0 Å². The Morgan fingerprint density at radius 1 is 1.25 bits per heavy atom. The standard InChI is InChI=1S/C16H21N3O/c1-16(20,9-17)14-2-3-18-19(14)15-12-5-10-4-11(7-12)8-13(15)6-10/h2-3,10-13,15,20H,4-8H2,1H3. The second-order valence-electron chi connectivity index (χ2n) is 7.27. The molecule has 1 aromatic rings. The minimum Gasteiger partial charge on any atom is -0.370 e. The summed E-state index contributed by atoms with van der Waals surface area (Å²) in [5.41, 5.74) is -0.775. The van der Waals surface area contributed by atoms with Crippen LogP contribution in [0.2, 0.25) is 0 Å². The first-order valence-electron chi connectivity index (χ1n) is 7.76. The zero-order valence-corrected chi connectivity index (χ0v) is 11.9. The fourth-order valence-electron chi connectivity index (χ4n) is 5.29. The highest BCUT2D eigenvalue weighted by Crippen LogP contribution is 2.58. The predicted molar refractivity (Wildman–Crippen MR) is 73.5 cm³/mol. The molecule has 0 saturated heterocycles. The molecule has 4 nitrogen and oxygen atoms in total. The van der Waals surface area contributed by atoms with Crippen LogP contribution in [0.15, 0.2) is 12.3 Å². The lowest BCUT2D eigenvalue weighted by atomic mass is 9.54. The van der Waals surface area contributed by atoms with E-state index in [2.05, 4.69) is 5.10 Å². The highest BCUT2D eigenvalue weighted by molar-refractivity contribution is 5.21. The molecule has 5 rings (SSSR count). The van der Waals surface area contributed by atoms with Crippen molar-refractivity contribution in [3.63, 3.8) is 0 Å². The average molecular weight is 271 g/mol. The van der Waals surface area contributed by atoms with Crippen molar-refractivity contribution in [1.82, 2.24) is 9.78 Å². The van der Waals surface area contributed by atoms with Crippen molar-refractivity contribution in [2.75, 3.05) is 0 Å². The molecule has 4 aliphatic carbocycles. The first-order valence-corrected chi connectivity index (χ1v) is 7.76. The number of aromatic nitrogens is 2. The summed E-state index contributed by atoms with van der Waals surface area (Å²) in [7, 11) is 0. The Bertz CT molecular complexity index is 541. The van der Waals surface area contributed by atoms with Gasteiger partial charge in [-0.1, -0.05) is 0 Å². The lowest BCUT2D eigenvalue weighted by Gasteiger charge is -2.54. The predicted octanol–water partition coefficient (Wildman–Crippen LogP) is 2.61. The van der Waals surface area contributed by atoms with Gasteiger partial charge in [0.05, 0.1) is 11.7 Å². The van der Waals surface area contributed by atoms with Gasteiger partial charge in [-0.05, 0) is 68.8 Å². The van der Waals surface area contributed by atoms with E-state index in [0.29, 0.717) is 23.6 Å². The topological polar surface area (TPSA) is 61.8 Å². The van der Waals surface area contributed by atoms with Crippen LogP contribution in [0, 0.1) is 35.0 Å². The molecular weight excluding hydrogens is 250 g/mol. The van der Waals surface area contributed by atoms with Crippen molar-refractivity contribution in [1.29, 1.82) is 5.26 Å². The lowest BCUT2D eigenvalue weighted by molar-refractivity contribution is -0.0385. The lowest BCUT2D eigenvalue weighted by Crippen LogP contribution is -2.47. The van der Waals surface area contributed by atoms with Gasteiger partial charge >= 0.3 is 0 Å². The van der Waals surface area contributed by atoms with Crippen LogP contribution in [0.25, 0.3) is 0 Å². The number of rotatable bonds is 2. The van der Waals surface area contributed by atoms with Gasteiger partial charge in [0.2, 0.25) is 0 Å². The van der Waals surface area contributed by atoms with Crippen molar-refractivity contribution in [2.45, 2.75) is 50.7 Å². The molecule has 4 saturated carbocycles. The normalized spacial score (nSPS) is 41.4. The van der Waals surface area contributed by atoms with Crippen molar-refractivity contribution in [3.8, 4) is 6.07 Å². The van der Waals surface area contributed by atoms with E-state index in [1.807, 2.05) is 10.8 Å². The molecule has 1 N–H and O–H groups in total. The summed E-state index contributed by atoms with van der Waals surface area (Å²) < 4.78 is 1.98. The molecule has 0 spiro atoms. The van der Waals surface area contributed by atoms with Gasteiger partial charge in [-0.2, -0.15) is 10.4 Å². The maximum absolute atomic E-state index is 10.3. The Kier molecular flexibility index (Phi) is 2.53. The molecule has 4 heteroatoms. The second kappa shape index (κ2) is 4.08. The van der Waals surface area contributed by atoms with Gasteiger partial charge in [0, 0.05) is 6.20 Å². The third-order valence-corrected chi connectivity index (χ3v) is 5.85. The Balaban J connectivity index is 1.73. The molecule has 1 heterocycles. The summed E-state index contributed by atoms with van der Waals surface area (Å²) in [5.74, 6) is 3.23. The summed E-state index contributed by atoms with van der Waals surface area (Å²) >= 11 is 0. The molecule has 0 aliphatic heterocycles. The maximum atomic E-state index is 10.3. The van der Waals surface area contributed by atoms with Gasteiger partial charge in [-0.15, -0.1) is 0 Å². The van der Waals surface area contributed by atoms with E-state index in [9.17, 15) is 10.4 Å². The van der Waals surface area contributed by atoms with E-state index < -0.39 is 5.60 Å². The number of nitriles is 1. The summed E-state index contributed by atoms with van der Waals surface area (Å²) in [6.07, 6.45) is 8.41. The zero-order valence-electron chi connectivity index (χ0n) is 11.9. The van der Waals surface area contributed by atoms with Gasteiger partial charge in [0.15, 0.2) is 5.60 Å². The number of hydrogen-bond acceptors (Lipinski definition) is 3. The molecule has 1 unspecified atom stereocenters. The Hall–Kier alpha value is -1.34. The molecule has 1 atom stereocenters. The minimum absolute atomic E-state index is 0.396. The van der Waals surface area contributed by atoms with E-state index in [-0.39, 0.29) is 0 Å². The van der Waals surface area contributed by atoms with Crippen LogP contribution in [-0.4, -0.2) is 14.9 Å². The van der Waals surface area contributed by atoms with E-state index >= 15 is 0 Å². The van der Waals surface area contributed by atoms with E-state index in [4.69, 9.17) is 0 Å². The zero-order chi connectivity index (χ0) is 13.9. The highest BCUT2D eigenvalue weighted by Gasteiger charge is 2.50. The highest BCUT2D eigenvalue weighted by atomic mass is 16.3. The summed E-state index contributed by atoms with van der Waals surface area (Å²) in [6.45, 7) is 1.57. The largest absolute Gasteiger partial charge is 0.370 e. The Morgan fingerprint density at radius 3 is 2.40 bits per heavy atom. The first kappa shape index (κ1) is 12.4. The van der Waals surface area contributed by atoms with E-state index in [1.165, 1.54) is 32.1 Å². The van der Waals surface area contributed by atoms with Crippen LogP contribution < -0.4 is 0 Å². The van der Waals surface area contributed by atoms with Crippen LogP contribution >= 0.6 is 0 Å². The fraction of sp³-hybridized carbons (Fsp3) is 0.750. The van der Waals surface area contributed by atoms with Gasteiger partial charge in [-0.3, -0.25) is 4.68 Å². The third kappa shape index (κ3) is 1.66. The SMILES string of the molecule is CC(O)(C#N)c1ccnn1C1C2CC3CC(C2)CC1C3. The van der Waals surface area contributed by atoms with Crippen LogP contribution in [0.4, 0.5) is 0 Å². The van der Waals surface area contributed by atoms with Crippen LogP contribution in [0.5, 0.6) is 0 Å². The summed E-state index contributed by atoms with van der Waals surface area (Å²) in [6, 6.07) is 4.20. The summed E-state index contributed by atoms with van der Waals surface area (Å²) in [5, 5.41) is 24.0. The molecule has 0 radical (unpaired) electrons. The molecular formula is C16H21N3O. The molecule has 4 aliphatic rings. The fourth-order valence-corrected chi connectivity index (χ4v) is 5.29. The minimum atomic E-state index is -1.44. The quantitative estimate of drug-likeness (QED) is 0.841. The van der Waals surface area contributed by atoms with Crippen molar-refractivity contribution in [3.05, 3.63) is 18.0 Å². The molecule has 106 valence electrons. The molecule has 0 aromatic carbocycles. The monoisotopic (exact) mass is 271 g/mol. The van der Waals surface area contributed by atoms with Crippen molar-refractivity contribution in [2.24, 2.45) is 23.7 Å². The third-order valence-electron chi connectivity index (χ3n) is 5.85. The van der Waals surface area contributed by atoms with Crippen LogP contribution in [-0.2, 0) is 5.60 Å². The van der Waals surface area contributed by atoms with Crippen molar-refractivity contribution < 1.29 is 5.11 Å².